The fourth-order valence-electron chi connectivity index (χ4n) is 1.52. The molecule has 110 valence electrons. The van der Waals surface area contributed by atoms with Gasteiger partial charge in [-0.2, -0.15) is 13.2 Å². The van der Waals surface area contributed by atoms with Gasteiger partial charge in [0.15, 0.2) is 0 Å². The Hall–Kier alpha value is -2.22. The minimum Gasteiger partial charge on any atom is -0.284 e. The number of alkyl halides is 3. The summed E-state index contributed by atoms with van der Waals surface area (Å²) < 4.78 is 37.8. The molecule has 0 saturated carbocycles. The Morgan fingerprint density at radius 2 is 2.14 bits per heavy atom. The third-order valence-electron chi connectivity index (χ3n) is 2.38. The van der Waals surface area contributed by atoms with Crippen molar-refractivity contribution in [2.24, 2.45) is 0 Å². The number of nitrogens with zero attached hydrogens (tertiary/aromatic N) is 3. The van der Waals surface area contributed by atoms with Gasteiger partial charge < -0.3 is 0 Å². The van der Waals surface area contributed by atoms with Gasteiger partial charge in [-0.3, -0.25) is 9.69 Å². The van der Waals surface area contributed by atoms with Crippen LogP contribution in [0.5, 0.6) is 0 Å². The van der Waals surface area contributed by atoms with Gasteiger partial charge in [0.05, 0.1) is 11.2 Å². The number of carbonyl (C=O) groups excluding carboxylic acids is 1. The third-order valence-corrected chi connectivity index (χ3v) is 2.98. The monoisotopic (exact) mass is 313 g/mol. The first-order valence-electron chi connectivity index (χ1n) is 5.81. The van der Waals surface area contributed by atoms with Crippen LogP contribution in [-0.2, 0) is 4.79 Å². The van der Waals surface area contributed by atoms with Crippen LogP contribution in [0.15, 0.2) is 41.4 Å². The van der Waals surface area contributed by atoms with Crippen LogP contribution in [0.4, 0.5) is 19.0 Å². The Kier molecular flexibility index (Phi) is 4.69. The molecule has 0 aliphatic carbocycles. The molecule has 0 aliphatic heterocycles. The first-order valence-corrected chi connectivity index (χ1v) is 6.75. The zero-order valence-electron chi connectivity index (χ0n) is 10.6. The molecule has 0 N–H and O–H groups in total. The summed E-state index contributed by atoms with van der Waals surface area (Å²) >= 11 is 1.33. The second-order valence-corrected chi connectivity index (χ2v) is 4.69. The van der Waals surface area contributed by atoms with Crippen molar-refractivity contribution in [3.8, 4) is 0 Å². The predicted octanol–water partition coefficient (Wildman–Crippen LogP) is 3.15. The van der Waals surface area contributed by atoms with E-state index in [9.17, 15) is 18.0 Å². The molecule has 0 fully saturated rings. The first-order chi connectivity index (χ1) is 9.96. The van der Waals surface area contributed by atoms with E-state index in [0.29, 0.717) is 10.6 Å². The Morgan fingerprint density at radius 3 is 2.71 bits per heavy atom. The second kappa shape index (κ2) is 6.49. The number of rotatable bonds is 4. The van der Waals surface area contributed by atoms with Gasteiger partial charge in [-0.1, -0.05) is 6.07 Å². The molecule has 4 nitrogen and oxygen atoms in total. The quantitative estimate of drug-likeness (QED) is 0.815. The summed E-state index contributed by atoms with van der Waals surface area (Å²) in [4.78, 5) is 20.3. The Balaban J connectivity index is 2.21. The van der Waals surface area contributed by atoms with E-state index in [1.54, 1.807) is 17.0 Å². The molecule has 8 heteroatoms. The molecule has 2 rings (SSSR count). The number of anilines is 1. The molecule has 1 amide bonds. The van der Waals surface area contributed by atoms with E-state index in [0.717, 1.165) is 6.08 Å². The molecule has 2 aromatic heterocycles. The molecule has 0 aromatic carbocycles. The number of amides is 1. The van der Waals surface area contributed by atoms with Crippen LogP contribution < -0.4 is 4.90 Å². The molecule has 2 aromatic rings. The van der Waals surface area contributed by atoms with E-state index in [4.69, 9.17) is 0 Å². The summed E-state index contributed by atoms with van der Waals surface area (Å²) in [6.45, 7) is -1.40. The van der Waals surface area contributed by atoms with Crippen molar-refractivity contribution in [1.82, 2.24) is 9.97 Å². The van der Waals surface area contributed by atoms with Crippen LogP contribution in [-0.4, -0.2) is 28.6 Å². The second-order valence-electron chi connectivity index (χ2n) is 3.97. The van der Waals surface area contributed by atoms with Gasteiger partial charge in [-0.15, -0.1) is 11.3 Å². The van der Waals surface area contributed by atoms with Crippen LogP contribution in [0.1, 0.15) is 5.69 Å². The van der Waals surface area contributed by atoms with Crippen molar-refractivity contribution in [2.75, 3.05) is 11.4 Å². The molecule has 0 aliphatic rings. The van der Waals surface area contributed by atoms with Crippen LogP contribution in [0.25, 0.3) is 6.08 Å². The fourth-order valence-corrected chi connectivity index (χ4v) is 2.04. The minimum atomic E-state index is -4.51. The summed E-state index contributed by atoms with van der Waals surface area (Å²) in [7, 11) is 0. The molecule has 0 spiro atoms. The largest absolute Gasteiger partial charge is 0.406 e. The maximum Gasteiger partial charge on any atom is 0.406 e. The molecule has 0 atom stereocenters. The lowest BCUT2D eigenvalue weighted by atomic mass is 10.3. The van der Waals surface area contributed by atoms with Crippen molar-refractivity contribution < 1.29 is 18.0 Å². The smallest absolute Gasteiger partial charge is 0.284 e. The SMILES string of the molecule is O=C(C=Cc1cscn1)N(CC(F)(F)F)c1ccccn1. The Morgan fingerprint density at radius 1 is 1.33 bits per heavy atom. The van der Waals surface area contributed by atoms with Gasteiger partial charge in [-0.25, -0.2) is 9.97 Å². The van der Waals surface area contributed by atoms with E-state index in [-0.39, 0.29) is 5.82 Å². The lowest BCUT2D eigenvalue weighted by Crippen LogP contribution is -2.38. The van der Waals surface area contributed by atoms with Crippen molar-refractivity contribution >= 4 is 29.1 Å². The van der Waals surface area contributed by atoms with Crippen LogP contribution in [0, 0.1) is 0 Å². The third kappa shape index (κ3) is 4.67. The summed E-state index contributed by atoms with van der Waals surface area (Å²) in [5.41, 5.74) is 2.08. The van der Waals surface area contributed by atoms with E-state index in [1.807, 2.05) is 0 Å². The zero-order chi connectivity index (χ0) is 15.3. The fraction of sp³-hybridized carbons (Fsp3) is 0.154. The average Bonchev–Trinajstić information content (AvgIpc) is 2.95. The highest BCUT2D eigenvalue weighted by Gasteiger charge is 2.33. The van der Waals surface area contributed by atoms with Gasteiger partial charge in [-0.05, 0) is 18.2 Å². The van der Waals surface area contributed by atoms with Gasteiger partial charge in [0.2, 0.25) is 0 Å². The number of aromatic nitrogens is 2. The number of pyridine rings is 1. The average molecular weight is 313 g/mol. The molecular weight excluding hydrogens is 303 g/mol. The normalized spacial score (nSPS) is 11.8. The number of hydrogen-bond acceptors (Lipinski definition) is 4. The van der Waals surface area contributed by atoms with Crippen LogP contribution in [0.2, 0.25) is 0 Å². The van der Waals surface area contributed by atoms with E-state index in [1.165, 1.54) is 35.7 Å². The maximum absolute atomic E-state index is 12.6. The van der Waals surface area contributed by atoms with Crippen molar-refractivity contribution in [2.45, 2.75) is 6.18 Å². The van der Waals surface area contributed by atoms with E-state index in [2.05, 4.69) is 9.97 Å². The highest BCUT2D eigenvalue weighted by atomic mass is 32.1. The molecule has 21 heavy (non-hydrogen) atoms. The van der Waals surface area contributed by atoms with Crippen molar-refractivity contribution in [3.63, 3.8) is 0 Å². The number of thiazole rings is 1. The molecule has 0 bridgehead atoms. The van der Waals surface area contributed by atoms with Gasteiger partial charge in [0, 0.05) is 17.7 Å². The zero-order valence-corrected chi connectivity index (χ0v) is 11.4. The maximum atomic E-state index is 12.6. The van der Waals surface area contributed by atoms with Crippen molar-refractivity contribution in [3.05, 3.63) is 47.1 Å². The molecule has 0 radical (unpaired) electrons. The molecule has 2 heterocycles. The summed E-state index contributed by atoms with van der Waals surface area (Å²) in [5.74, 6) is -0.859. The first kappa shape index (κ1) is 15.2. The van der Waals surface area contributed by atoms with Crippen LogP contribution in [0.3, 0.4) is 0 Å². The standard InChI is InChI=1S/C13H10F3N3OS/c14-13(15,16)8-19(11-3-1-2-6-17-11)12(20)5-4-10-7-21-9-18-10/h1-7,9H,8H2. The van der Waals surface area contributed by atoms with Gasteiger partial charge in [0.1, 0.15) is 12.4 Å². The highest BCUT2D eigenvalue weighted by molar-refractivity contribution is 7.07. The number of hydrogen-bond donors (Lipinski definition) is 0. The lowest BCUT2D eigenvalue weighted by molar-refractivity contribution is -0.130. The topological polar surface area (TPSA) is 46.1 Å². The lowest BCUT2D eigenvalue weighted by Gasteiger charge is -2.21. The van der Waals surface area contributed by atoms with Crippen LogP contribution >= 0.6 is 11.3 Å². The predicted molar refractivity (Wildman–Crippen MR) is 73.8 cm³/mol. The van der Waals surface area contributed by atoms with E-state index >= 15 is 0 Å². The number of halogens is 3. The molecular formula is C13H10F3N3OS. The Labute approximate surface area is 122 Å². The van der Waals surface area contributed by atoms with Gasteiger partial charge in [0.25, 0.3) is 5.91 Å². The van der Waals surface area contributed by atoms with Crippen molar-refractivity contribution in [1.29, 1.82) is 0 Å². The summed E-state index contributed by atoms with van der Waals surface area (Å²) in [6, 6.07) is 4.42. The molecule has 0 unspecified atom stereocenters. The van der Waals surface area contributed by atoms with Gasteiger partial charge >= 0.3 is 6.18 Å². The molecule has 0 saturated heterocycles. The van der Waals surface area contributed by atoms with E-state index < -0.39 is 18.6 Å². The Bertz CT molecular complexity index is 611. The summed E-state index contributed by atoms with van der Waals surface area (Å²) in [5, 5.41) is 1.68. The minimum absolute atomic E-state index is 0.0530. The highest BCUT2D eigenvalue weighted by Crippen LogP contribution is 2.21. The number of carbonyl (C=O) groups is 1. The summed E-state index contributed by atoms with van der Waals surface area (Å²) in [6.07, 6.45) is -0.765.